The highest BCUT2D eigenvalue weighted by molar-refractivity contribution is 5.91. The minimum atomic E-state index is -4.53. The molecule has 1 aliphatic heterocycles. The number of nitrogens with two attached hydrogens (primary N) is 1. The van der Waals surface area contributed by atoms with E-state index in [1.54, 1.807) is 18.2 Å². The van der Waals surface area contributed by atoms with Crippen molar-refractivity contribution < 1.29 is 26.3 Å². The first-order valence-electron chi connectivity index (χ1n) is 12.6. The quantitative estimate of drug-likeness (QED) is 0.224. The fourth-order valence-corrected chi connectivity index (χ4v) is 4.53. The van der Waals surface area contributed by atoms with Crippen LogP contribution in [0.25, 0.3) is 10.9 Å². The lowest BCUT2D eigenvalue weighted by Gasteiger charge is -2.16. The van der Waals surface area contributed by atoms with Gasteiger partial charge in [-0.1, -0.05) is 12.1 Å². The van der Waals surface area contributed by atoms with Crippen molar-refractivity contribution >= 4 is 22.4 Å². The van der Waals surface area contributed by atoms with Crippen LogP contribution in [0.3, 0.4) is 0 Å². The number of rotatable bonds is 9. The van der Waals surface area contributed by atoms with E-state index in [9.17, 15) is 26.3 Å². The SMILES string of the molecule is N/C=C\C=C(/Cc1ccc2c(Nc3ccc(C(F)(F)F)cc3)nc(CCCN3CCCC3)nc2c1)C(F)(F)F. The van der Waals surface area contributed by atoms with Crippen LogP contribution in [0.4, 0.5) is 37.8 Å². The highest BCUT2D eigenvalue weighted by Gasteiger charge is 2.33. The molecule has 0 atom stereocenters. The number of alkyl halides is 6. The van der Waals surface area contributed by atoms with Crippen molar-refractivity contribution in [1.29, 1.82) is 0 Å². The molecule has 0 aliphatic carbocycles. The Morgan fingerprint density at radius 2 is 1.69 bits per heavy atom. The van der Waals surface area contributed by atoms with Gasteiger partial charge in [-0.3, -0.25) is 0 Å². The van der Waals surface area contributed by atoms with Gasteiger partial charge in [0.05, 0.1) is 11.1 Å². The number of allylic oxidation sites excluding steroid dienone is 3. The number of halogens is 6. The number of likely N-dealkylation sites (tertiary alicyclic amines) is 1. The number of fused-ring (bicyclic) bond motifs is 1. The Bertz CT molecular complexity index is 1320. The molecule has 0 amide bonds. The van der Waals surface area contributed by atoms with Gasteiger partial charge >= 0.3 is 12.4 Å². The van der Waals surface area contributed by atoms with Gasteiger partial charge in [0.1, 0.15) is 11.6 Å². The van der Waals surface area contributed by atoms with Gasteiger partial charge in [0.25, 0.3) is 0 Å². The zero-order chi connectivity index (χ0) is 28.0. The second-order valence-electron chi connectivity index (χ2n) is 9.44. The van der Waals surface area contributed by atoms with Crippen LogP contribution in [0.5, 0.6) is 0 Å². The lowest BCUT2D eigenvalue weighted by Crippen LogP contribution is -2.21. The topological polar surface area (TPSA) is 67.1 Å². The van der Waals surface area contributed by atoms with E-state index in [0.717, 1.165) is 56.5 Å². The fraction of sp³-hybridized carbons (Fsp3) is 0.357. The Labute approximate surface area is 222 Å². The molecule has 0 unspecified atom stereocenters. The monoisotopic (exact) mass is 549 g/mol. The van der Waals surface area contributed by atoms with Gasteiger partial charge in [-0.25, -0.2) is 9.97 Å². The molecule has 0 bridgehead atoms. The van der Waals surface area contributed by atoms with Crippen molar-refractivity contribution in [2.45, 2.75) is 44.5 Å². The summed E-state index contributed by atoms with van der Waals surface area (Å²) in [5.41, 5.74) is 4.93. The molecule has 39 heavy (non-hydrogen) atoms. The molecular weight excluding hydrogens is 520 g/mol. The van der Waals surface area contributed by atoms with Crippen LogP contribution >= 0.6 is 0 Å². The van der Waals surface area contributed by atoms with E-state index in [1.807, 2.05) is 0 Å². The molecule has 208 valence electrons. The van der Waals surface area contributed by atoms with E-state index in [-0.39, 0.29) is 6.42 Å². The summed E-state index contributed by atoms with van der Waals surface area (Å²) in [5, 5.41) is 3.61. The van der Waals surface area contributed by atoms with Crippen LogP contribution in [0, 0.1) is 0 Å². The average molecular weight is 550 g/mol. The van der Waals surface area contributed by atoms with E-state index in [4.69, 9.17) is 5.73 Å². The van der Waals surface area contributed by atoms with E-state index in [1.165, 1.54) is 25.0 Å². The van der Waals surface area contributed by atoms with Crippen LogP contribution in [-0.4, -0.2) is 40.7 Å². The number of hydrogen-bond acceptors (Lipinski definition) is 5. The maximum absolute atomic E-state index is 13.5. The zero-order valence-corrected chi connectivity index (χ0v) is 21.1. The average Bonchev–Trinajstić information content (AvgIpc) is 3.39. The maximum atomic E-state index is 13.5. The molecule has 2 aromatic carbocycles. The molecule has 1 aromatic heterocycles. The molecular formula is C28H29F6N5. The third kappa shape index (κ3) is 7.72. The fourth-order valence-electron chi connectivity index (χ4n) is 4.53. The lowest BCUT2D eigenvalue weighted by atomic mass is 10.0. The van der Waals surface area contributed by atoms with E-state index < -0.39 is 23.5 Å². The Morgan fingerprint density at radius 1 is 0.974 bits per heavy atom. The molecule has 0 radical (unpaired) electrons. The molecule has 3 aromatic rings. The second kappa shape index (κ2) is 12.1. The van der Waals surface area contributed by atoms with Crippen LogP contribution in [0.2, 0.25) is 0 Å². The predicted octanol–water partition coefficient (Wildman–Crippen LogP) is 6.92. The number of nitrogens with one attached hydrogen (secondary N) is 1. The normalized spacial score (nSPS) is 15.5. The summed E-state index contributed by atoms with van der Waals surface area (Å²) in [6, 6.07) is 9.33. The number of anilines is 2. The third-order valence-electron chi connectivity index (χ3n) is 6.52. The van der Waals surface area contributed by atoms with Crippen molar-refractivity contribution in [3.8, 4) is 0 Å². The van der Waals surface area contributed by atoms with Gasteiger partial charge in [-0.05, 0) is 93.1 Å². The van der Waals surface area contributed by atoms with Crippen molar-refractivity contribution in [2.24, 2.45) is 5.73 Å². The minimum Gasteiger partial charge on any atom is -0.405 e. The molecule has 3 N–H and O–H groups in total. The van der Waals surface area contributed by atoms with Gasteiger partial charge in [0, 0.05) is 29.5 Å². The Kier molecular flexibility index (Phi) is 8.79. The summed E-state index contributed by atoms with van der Waals surface area (Å²) < 4.78 is 79.5. The van der Waals surface area contributed by atoms with Gasteiger partial charge in [-0.2, -0.15) is 26.3 Å². The lowest BCUT2D eigenvalue weighted by molar-refractivity contribution is -0.137. The summed E-state index contributed by atoms with van der Waals surface area (Å²) in [5.74, 6) is 0.881. The van der Waals surface area contributed by atoms with Gasteiger partial charge in [0.2, 0.25) is 0 Å². The Hall–Kier alpha value is -3.60. The van der Waals surface area contributed by atoms with Crippen LogP contribution in [0.15, 0.2) is 66.4 Å². The van der Waals surface area contributed by atoms with Crippen molar-refractivity contribution in [3.63, 3.8) is 0 Å². The smallest absolute Gasteiger partial charge is 0.405 e. The first-order chi connectivity index (χ1) is 18.5. The third-order valence-corrected chi connectivity index (χ3v) is 6.52. The maximum Gasteiger partial charge on any atom is 0.416 e. The molecule has 11 heteroatoms. The zero-order valence-electron chi connectivity index (χ0n) is 21.1. The number of aryl methyl sites for hydroxylation is 1. The molecule has 1 saturated heterocycles. The van der Waals surface area contributed by atoms with Crippen LogP contribution in [0.1, 0.15) is 36.2 Å². The summed E-state index contributed by atoms with van der Waals surface area (Å²) in [6.07, 6.45) is -2.56. The number of aromatic nitrogens is 2. The molecule has 2 heterocycles. The molecule has 0 spiro atoms. The standard InChI is InChI=1S/C28H29F6N5/c29-27(30,31)20-8-10-22(11-9-20)36-26-23-12-7-19(17-21(5-3-13-35)28(32,33)34)18-24(23)37-25(38-26)6-4-16-39-14-1-2-15-39/h3,5,7-13,18H,1-2,4,6,14-17,35H2,(H,36,37,38)/b13-3-,21-5+. The summed E-state index contributed by atoms with van der Waals surface area (Å²) >= 11 is 0. The Balaban J connectivity index is 1.65. The molecule has 5 nitrogen and oxygen atoms in total. The van der Waals surface area contributed by atoms with E-state index in [0.29, 0.717) is 40.2 Å². The first kappa shape index (κ1) is 28.4. The van der Waals surface area contributed by atoms with E-state index in [2.05, 4.69) is 20.2 Å². The largest absolute Gasteiger partial charge is 0.416 e. The van der Waals surface area contributed by atoms with Gasteiger partial charge in [-0.15, -0.1) is 0 Å². The summed E-state index contributed by atoms with van der Waals surface area (Å²) in [6.45, 7) is 2.99. The van der Waals surface area contributed by atoms with Crippen molar-refractivity contribution in [3.05, 3.63) is 83.3 Å². The van der Waals surface area contributed by atoms with E-state index >= 15 is 0 Å². The predicted molar refractivity (Wildman–Crippen MR) is 139 cm³/mol. The molecule has 4 rings (SSSR count). The number of benzene rings is 2. The Morgan fingerprint density at radius 3 is 2.33 bits per heavy atom. The van der Waals surface area contributed by atoms with Gasteiger partial charge < -0.3 is 16.0 Å². The van der Waals surface area contributed by atoms with Crippen molar-refractivity contribution in [1.82, 2.24) is 14.9 Å². The van der Waals surface area contributed by atoms with Crippen LogP contribution < -0.4 is 11.1 Å². The summed E-state index contributed by atoms with van der Waals surface area (Å²) in [7, 11) is 0. The number of nitrogens with zero attached hydrogens (tertiary/aromatic N) is 3. The highest BCUT2D eigenvalue weighted by Crippen LogP contribution is 2.33. The highest BCUT2D eigenvalue weighted by atomic mass is 19.4. The van der Waals surface area contributed by atoms with Crippen LogP contribution in [-0.2, 0) is 19.0 Å². The second-order valence-corrected chi connectivity index (χ2v) is 9.44. The molecule has 1 aliphatic rings. The molecule has 1 fully saturated rings. The van der Waals surface area contributed by atoms with Crippen molar-refractivity contribution in [2.75, 3.05) is 25.0 Å². The minimum absolute atomic E-state index is 0.375. The number of hydrogen-bond donors (Lipinski definition) is 2. The van der Waals surface area contributed by atoms with Gasteiger partial charge in [0.15, 0.2) is 0 Å². The molecule has 0 saturated carbocycles. The first-order valence-corrected chi connectivity index (χ1v) is 12.6. The summed E-state index contributed by atoms with van der Waals surface area (Å²) in [4.78, 5) is 11.6.